The molecule has 0 saturated carbocycles. The van der Waals surface area contributed by atoms with Crippen LogP contribution in [0.3, 0.4) is 0 Å². The fourth-order valence-electron chi connectivity index (χ4n) is 1.91. The van der Waals surface area contributed by atoms with Crippen molar-refractivity contribution < 1.29 is 4.74 Å². The summed E-state index contributed by atoms with van der Waals surface area (Å²) in [5.41, 5.74) is 2.21. The predicted molar refractivity (Wildman–Crippen MR) is 76.1 cm³/mol. The van der Waals surface area contributed by atoms with Crippen LogP contribution in [-0.4, -0.2) is 13.7 Å². The Morgan fingerprint density at radius 1 is 1.05 bits per heavy atom. The molecule has 0 amide bonds. The SMILES string of the molecule is COc1ccc(CN(CC#N)c2ccccc2)cc1. The lowest BCUT2D eigenvalue weighted by atomic mass is 10.2. The van der Waals surface area contributed by atoms with Gasteiger partial charge in [0.2, 0.25) is 0 Å². The van der Waals surface area contributed by atoms with E-state index < -0.39 is 0 Å². The third-order valence-electron chi connectivity index (χ3n) is 2.92. The number of hydrogen-bond donors (Lipinski definition) is 0. The van der Waals surface area contributed by atoms with Gasteiger partial charge in [-0.1, -0.05) is 30.3 Å². The molecule has 0 aliphatic heterocycles. The van der Waals surface area contributed by atoms with E-state index in [1.54, 1.807) is 7.11 Å². The number of benzene rings is 2. The molecule has 0 unspecified atom stereocenters. The van der Waals surface area contributed by atoms with Crippen LogP contribution in [0.5, 0.6) is 5.75 Å². The first-order valence-electron chi connectivity index (χ1n) is 6.13. The van der Waals surface area contributed by atoms with E-state index in [0.29, 0.717) is 13.1 Å². The maximum atomic E-state index is 8.95. The molecule has 0 atom stereocenters. The van der Waals surface area contributed by atoms with Crippen LogP contribution in [0.15, 0.2) is 54.6 Å². The Balaban J connectivity index is 2.14. The number of rotatable bonds is 5. The van der Waals surface area contributed by atoms with Gasteiger partial charge < -0.3 is 9.64 Å². The standard InChI is InChI=1S/C16H16N2O/c1-19-16-9-7-14(8-10-16)13-18(12-11-17)15-5-3-2-4-6-15/h2-10H,12-13H2,1H3. The first kappa shape index (κ1) is 13.0. The summed E-state index contributed by atoms with van der Waals surface area (Å²) in [5.74, 6) is 0.843. The third kappa shape index (κ3) is 3.49. The Labute approximate surface area is 113 Å². The average Bonchev–Trinajstić information content (AvgIpc) is 2.48. The summed E-state index contributed by atoms with van der Waals surface area (Å²) >= 11 is 0. The zero-order valence-corrected chi connectivity index (χ0v) is 10.9. The molecular formula is C16H16N2O. The van der Waals surface area contributed by atoms with Crippen LogP contribution in [-0.2, 0) is 6.54 Å². The van der Waals surface area contributed by atoms with Gasteiger partial charge in [0.25, 0.3) is 0 Å². The summed E-state index contributed by atoms with van der Waals surface area (Å²) in [6.45, 7) is 1.08. The molecule has 0 N–H and O–H groups in total. The molecule has 0 aliphatic rings. The van der Waals surface area contributed by atoms with Crippen LogP contribution in [0.25, 0.3) is 0 Å². The first-order valence-corrected chi connectivity index (χ1v) is 6.13. The van der Waals surface area contributed by atoms with Gasteiger partial charge in [0, 0.05) is 12.2 Å². The molecule has 19 heavy (non-hydrogen) atoms. The van der Waals surface area contributed by atoms with Gasteiger partial charge in [-0.2, -0.15) is 5.26 Å². The summed E-state index contributed by atoms with van der Waals surface area (Å²) < 4.78 is 5.14. The maximum absolute atomic E-state index is 8.95. The highest BCUT2D eigenvalue weighted by atomic mass is 16.5. The van der Waals surface area contributed by atoms with E-state index in [9.17, 15) is 0 Å². The lowest BCUT2D eigenvalue weighted by Crippen LogP contribution is -2.22. The molecule has 2 rings (SSSR count). The van der Waals surface area contributed by atoms with Crippen molar-refractivity contribution in [2.45, 2.75) is 6.54 Å². The van der Waals surface area contributed by atoms with Crippen molar-refractivity contribution in [3.63, 3.8) is 0 Å². The van der Waals surface area contributed by atoms with Crippen LogP contribution in [0.4, 0.5) is 5.69 Å². The molecule has 0 bridgehead atoms. The molecule has 0 heterocycles. The minimum atomic E-state index is 0.371. The molecule has 96 valence electrons. The number of nitriles is 1. The predicted octanol–water partition coefficient (Wildman–Crippen LogP) is 3.23. The van der Waals surface area contributed by atoms with Crippen molar-refractivity contribution >= 4 is 5.69 Å². The van der Waals surface area contributed by atoms with Crippen molar-refractivity contribution in [3.05, 3.63) is 60.2 Å². The second kappa shape index (κ2) is 6.46. The second-order valence-electron chi connectivity index (χ2n) is 4.20. The van der Waals surface area contributed by atoms with E-state index in [1.165, 1.54) is 0 Å². The lowest BCUT2D eigenvalue weighted by molar-refractivity contribution is 0.414. The summed E-state index contributed by atoms with van der Waals surface area (Å²) in [7, 11) is 1.65. The summed E-state index contributed by atoms with van der Waals surface area (Å²) in [4.78, 5) is 2.04. The van der Waals surface area contributed by atoms with Crippen molar-refractivity contribution in [1.82, 2.24) is 0 Å². The zero-order chi connectivity index (χ0) is 13.5. The molecule has 0 fully saturated rings. The van der Waals surface area contributed by atoms with Gasteiger partial charge in [-0.25, -0.2) is 0 Å². The van der Waals surface area contributed by atoms with Gasteiger partial charge in [-0.3, -0.25) is 0 Å². The molecule has 0 spiro atoms. The van der Waals surface area contributed by atoms with Gasteiger partial charge >= 0.3 is 0 Å². The summed E-state index contributed by atoms with van der Waals surface area (Å²) in [6.07, 6.45) is 0. The molecule has 2 aromatic carbocycles. The normalized spacial score (nSPS) is 9.68. The number of nitrogens with zero attached hydrogens (tertiary/aromatic N) is 2. The van der Waals surface area contributed by atoms with Gasteiger partial charge in [0.05, 0.1) is 13.2 Å². The molecule has 0 saturated heterocycles. The van der Waals surface area contributed by atoms with Crippen molar-refractivity contribution in [3.8, 4) is 11.8 Å². The van der Waals surface area contributed by atoms with E-state index in [-0.39, 0.29) is 0 Å². The van der Waals surface area contributed by atoms with Gasteiger partial charge in [-0.05, 0) is 29.8 Å². The average molecular weight is 252 g/mol. The van der Waals surface area contributed by atoms with Gasteiger partial charge in [0.15, 0.2) is 0 Å². The van der Waals surface area contributed by atoms with Crippen molar-refractivity contribution in [1.29, 1.82) is 5.26 Å². The molecule has 0 aromatic heterocycles. The topological polar surface area (TPSA) is 36.3 Å². The fourth-order valence-corrected chi connectivity index (χ4v) is 1.91. The molecule has 0 aliphatic carbocycles. The highest BCUT2D eigenvalue weighted by Crippen LogP contribution is 2.18. The van der Waals surface area contributed by atoms with Crippen LogP contribution >= 0.6 is 0 Å². The number of hydrogen-bond acceptors (Lipinski definition) is 3. The molecule has 3 heteroatoms. The molecule has 3 nitrogen and oxygen atoms in total. The minimum Gasteiger partial charge on any atom is -0.497 e. The highest BCUT2D eigenvalue weighted by Gasteiger charge is 2.06. The molecule has 0 radical (unpaired) electrons. The Morgan fingerprint density at radius 2 is 1.74 bits per heavy atom. The van der Waals surface area contributed by atoms with Crippen LogP contribution in [0.1, 0.15) is 5.56 Å². The number of ether oxygens (including phenoxy) is 1. The van der Waals surface area contributed by atoms with E-state index in [0.717, 1.165) is 17.0 Å². The van der Waals surface area contributed by atoms with Crippen LogP contribution in [0, 0.1) is 11.3 Å². The highest BCUT2D eigenvalue weighted by molar-refractivity contribution is 5.47. The van der Waals surface area contributed by atoms with Gasteiger partial charge in [-0.15, -0.1) is 0 Å². The minimum absolute atomic E-state index is 0.371. The summed E-state index contributed by atoms with van der Waals surface area (Å²) in [6, 6.07) is 20.1. The van der Waals surface area contributed by atoms with Crippen molar-refractivity contribution in [2.24, 2.45) is 0 Å². The summed E-state index contributed by atoms with van der Waals surface area (Å²) in [5, 5.41) is 8.95. The molecular weight excluding hydrogens is 236 g/mol. The Morgan fingerprint density at radius 3 is 2.32 bits per heavy atom. The maximum Gasteiger partial charge on any atom is 0.118 e. The first-order chi connectivity index (χ1) is 9.33. The number of para-hydroxylation sites is 1. The number of methoxy groups -OCH3 is 1. The Kier molecular flexibility index (Phi) is 4.41. The fraction of sp³-hybridized carbons (Fsp3) is 0.188. The van der Waals surface area contributed by atoms with Crippen LogP contribution in [0.2, 0.25) is 0 Å². The Hall–Kier alpha value is -2.47. The third-order valence-corrected chi connectivity index (χ3v) is 2.92. The lowest BCUT2D eigenvalue weighted by Gasteiger charge is -2.21. The van der Waals surface area contributed by atoms with E-state index in [2.05, 4.69) is 6.07 Å². The zero-order valence-electron chi connectivity index (χ0n) is 10.9. The van der Waals surface area contributed by atoms with E-state index in [4.69, 9.17) is 10.00 Å². The van der Waals surface area contributed by atoms with Crippen molar-refractivity contribution in [2.75, 3.05) is 18.6 Å². The monoisotopic (exact) mass is 252 g/mol. The Bertz CT molecular complexity index is 543. The second-order valence-corrected chi connectivity index (χ2v) is 4.20. The number of anilines is 1. The smallest absolute Gasteiger partial charge is 0.118 e. The van der Waals surface area contributed by atoms with Crippen LogP contribution < -0.4 is 9.64 Å². The molecule has 2 aromatic rings. The quantitative estimate of drug-likeness (QED) is 0.766. The van der Waals surface area contributed by atoms with E-state index in [1.807, 2.05) is 59.5 Å². The van der Waals surface area contributed by atoms with Gasteiger partial charge in [0.1, 0.15) is 12.3 Å². The largest absolute Gasteiger partial charge is 0.497 e. The van der Waals surface area contributed by atoms with E-state index >= 15 is 0 Å².